The number of nitriles is 1. The number of likely N-dealkylation sites (tertiary alicyclic amines) is 1. The van der Waals surface area contributed by atoms with E-state index in [9.17, 15) is 5.11 Å². The molecule has 114 valence electrons. The van der Waals surface area contributed by atoms with E-state index in [2.05, 4.69) is 24.8 Å². The van der Waals surface area contributed by atoms with Gasteiger partial charge in [0, 0.05) is 6.54 Å². The van der Waals surface area contributed by atoms with Crippen LogP contribution >= 0.6 is 0 Å². The highest BCUT2D eigenvalue weighted by molar-refractivity contribution is 5.36. The minimum atomic E-state index is -0.503. The molecule has 0 aliphatic carbocycles. The number of β-amino-alcohol motifs (C(OH)–C–C–N with tert-alkyl or cyclic N) is 1. The molecule has 1 atom stereocenters. The summed E-state index contributed by atoms with van der Waals surface area (Å²) < 4.78 is 5.56. The number of aliphatic hydroxyl groups excluding tert-OH is 1. The maximum absolute atomic E-state index is 10.1. The molecule has 21 heavy (non-hydrogen) atoms. The average Bonchev–Trinajstić information content (AvgIpc) is 2.48. The Hall–Kier alpha value is -1.57. The minimum Gasteiger partial charge on any atom is -0.491 e. The number of rotatable bonds is 5. The van der Waals surface area contributed by atoms with Crippen molar-refractivity contribution in [3.63, 3.8) is 0 Å². The number of benzene rings is 1. The molecule has 0 aromatic heterocycles. The lowest BCUT2D eigenvalue weighted by Crippen LogP contribution is -2.42. The summed E-state index contributed by atoms with van der Waals surface area (Å²) in [5, 5.41) is 18.9. The zero-order valence-corrected chi connectivity index (χ0v) is 12.9. The number of aliphatic hydroxyl groups is 1. The Morgan fingerprint density at radius 1 is 1.38 bits per heavy atom. The van der Waals surface area contributed by atoms with Crippen LogP contribution in [-0.2, 0) is 0 Å². The highest BCUT2D eigenvalue weighted by Gasteiger charge is 2.26. The third kappa shape index (κ3) is 5.04. The zero-order chi connectivity index (χ0) is 15.3. The van der Waals surface area contributed by atoms with Crippen LogP contribution in [-0.4, -0.2) is 42.4 Å². The Kier molecular flexibility index (Phi) is 5.22. The topological polar surface area (TPSA) is 56.5 Å². The van der Waals surface area contributed by atoms with Crippen molar-refractivity contribution in [2.75, 3.05) is 26.2 Å². The minimum absolute atomic E-state index is 0.259. The van der Waals surface area contributed by atoms with Crippen molar-refractivity contribution in [3.05, 3.63) is 29.8 Å². The molecule has 1 aromatic carbocycles. The van der Waals surface area contributed by atoms with Crippen molar-refractivity contribution < 1.29 is 9.84 Å². The van der Waals surface area contributed by atoms with Gasteiger partial charge in [-0.05, 0) is 49.5 Å². The van der Waals surface area contributed by atoms with Gasteiger partial charge in [-0.1, -0.05) is 19.9 Å². The summed E-state index contributed by atoms with van der Waals surface area (Å²) in [6.45, 7) is 7.57. The van der Waals surface area contributed by atoms with E-state index in [1.807, 2.05) is 0 Å². The van der Waals surface area contributed by atoms with Gasteiger partial charge in [0.2, 0.25) is 0 Å². The van der Waals surface area contributed by atoms with Crippen LogP contribution in [0.25, 0.3) is 0 Å². The van der Waals surface area contributed by atoms with Gasteiger partial charge in [0.05, 0.1) is 11.6 Å². The summed E-state index contributed by atoms with van der Waals surface area (Å²) in [7, 11) is 0. The molecule has 4 nitrogen and oxygen atoms in total. The van der Waals surface area contributed by atoms with Crippen molar-refractivity contribution in [2.45, 2.75) is 32.8 Å². The van der Waals surface area contributed by atoms with Gasteiger partial charge in [0.1, 0.15) is 18.5 Å². The number of nitrogens with zero attached hydrogens (tertiary/aromatic N) is 2. The third-order valence-electron chi connectivity index (χ3n) is 4.08. The van der Waals surface area contributed by atoms with E-state index < -0.39 is 6.10 Å². The normalized spacial score (nSPS) is 19.7. The molecule has 0 radical (unpaired) electrons. The SMILES string of the molecule is CC1(C)CCN(CC(O)COc2cccc(C#N)c2)CC1. The number of hydrogen-bond acceptors (Lipinski definition) is 4. The number of hydrogen-bond donors (Lipinski definition) is 1. The summed E-state index contributed by atoms with van der Waals surface area (Å²) >= 11 is 0. The van der Waals surface area contributed by atoms with Gasteiger partial charge in [-0.3, -0.25) is 0 Å². The van der Waals surface area contributed by atoms with E-state index in [1.54, 1.807) is 24.3 Å². The molecule has 1 unspecified atom stereocenters. The van der Waals surface area contributed by atoms with Crippen LogP contribution in [0.3, 0.4) is 0 Å². The standard InChI is InChI=1S/C17H24N2O2/c1-17(2)6-8-19(9-7-17)12-15(20)13-21-16-5-3-4-14(10-16)11-18/h3-5,10,15,20H,6-9,12-13H2,1-2H3. The van der Waals surface area contributed by atoms with Crippen molar-refractivity contribution >= 4 is 0 Å². The summed E-state index contributed by atoms with van der Waals surface area (Å²) in [5.74, 6) is 0.632. The van der Waals surface area contributed by atoms with Crippen LogP contribution < -0.4 is 4.74 Å². The molecule has 2 rings (SSSR count). The van der Waals surface area contributed by atoms with Crippen molar-refractivity contribution in [2.24, 2.45) is 5.41 Å². The summed E-state index contributed by atoms with van der Waals surface area (Å²) in [6.07, 6.45) is 1.84. The first-order chi connectivity index (χ1) is 9.98. The van der Waals surface area contributed by atoms with Gasteiger partial charge in [0.25, 0.3) is 0 Å². The fourth-order valence-corrected chi connectivity index (χ4v) is 2.54. The first-order valence-corrected chi connectivity index (χ1v) is 7.52. The molecule has 0 bridgehead atoms. The van der Waals surface area contributed by atoms with Gasteiger partial charge < -0.3 is 14.7 Å². The number of ether oxygens (including phenoxy) is 1. The highest BCUT2D eigenvalue weighted by Crippen LogP contribution is 2.29. The van der Waals surface area contributed by atoms with Gasteiger partial charge >= 0.3 is 0 Å². The van der Waals surface area contributed by atoms with E-state index >= 15 is 0 Å². The maximum Gasteiger partial charge on any atom is 0.120 e. The second-order valence-electron chi connectivity index (χ2n) is 6.57. The molecular formula is C17H24N2O2. The van der Waals surface area contributed by atoms with Crippen LogP contribution in [0.15, 0.2) is 24.3 Å². The summed E-state index contributed by atoms with van der Waals surface area (Å²) in [4.78, 5) is 2.30. The second-order valence-corrected chi connectivity index (χ2v) is 6.57. The molecule has 0 saturated carbocycles. The fourth-order valence-electron chi connectivity index (χ4n) is 2.54. The molecule has 1 aliphatic rings. The Labute approximate surface area is 127 Å². The van der Waals surface area contributed by atoms with Gasteiger partial charge in [0.15, 0.2) is 0 Å². The van der Waals surface area contributed by atoms with Crippen LogP contribution in [0.5, 0.6) is 5.75 Å². The molecule has 1 heterocycles. The summed E-state index contributed by atoms with van der Waals surface area (Å²) in [5.41, 5.74) is 0.996. The quantitative estimate of drug-likeness (QED) is 0.904. The Morgan fingerprint density at radius 3 is 2.76 bits per heavy atom. The first kappa shape index (κ1) is 15.8. The highest BCUT2D eigenvalue weighted by atomic mass is 16.5. The van der Waals surface area contributed by atoms with E-state index in [0.29, 0.717) is 23.3 Å². The number of piperidine rings is 1. The van der Waals surface area contributed by atoms with Crippen molar-refractivity contribution in [3.8, 4) is 11.8 Å². The lowest BCUT2D eigenvalue weighted by atomic mass is 9.82. The Morgan fingerprint density at radius 2 is 2.10 bits per heavy atom. The van der Waals surface area contributed by atoms with Crippen LogP contribution in [0.2, 0.25) is 0 Å². The molecule has 1 fully saturated rings. The van der Waals surface area contributed by atoms with Gasteiger partial charge in [-0.2, -0.15) is 5.26 Å². The second kappa shape index (κ2) is 6.93. The summed E-state index contributed by atoms with van der Waals surface area (Å²) in [6, 6.07) is 9.09. The molecule has 1 aliphatic heterocycles. The monoisotopic (exact) mass is 288 g/mol. The van der Waals surface area contributed by atoms with E-state index in [0.717, 1.165) is 13.1 Å². The Bertz CT molecular complexity index is 498. The average molecular weight is 288 g/mol. The molecule has 0 spiro atoms. The predicted molar refractivity (Wildman–Crippen MR) is 82.1 cm³/mol. The van der Waals surface area contributed by atoms with Crippen molar-refractivity contribution in [1.82, 2.24) is 4.90 Å². The van der Waals surface area contributed by atoms with E-state index in [4.69, 9.17) is 10.00 Å². The first-order valence-electron chi connectivity index (χ1n) is 7.52. The van der Waals surface area contributed by atoms with Crippen LogP contribution in [0, 0.1) is 16.7 Å². The van der Waals surface area contributed by atoms with Crippen LogP contribution in [0.1, 0.15) is 32.3 Å². The fraction of sp³-hybridized carbons (Fsp3) is 0.588. The molecule has 1 aromatic rings. The molecule has 4 heteroatoms. The maximum atomic E-state index is 10.1. The molecule has 0 amide bonds. The van der Waals surface area contributed by atoms with Crippen molar-refractivity contribution in [1.29, 1.82) is 5.26 Å². The smallest absolute Gasteiger partial charge is 0.120 e. The van der Waals surface area contributed by atoms with Crippen LogP contribution in [0.4, 0.5) is 0 Å². The largest absolute Gasteiger partial charge is 0.491 e. The molecule has 1 saturated heterocycles. The third-order valence-corrected chi connectivity index (χ3v) is 4.08. The Balaban J connectivity index is 1.75. The van der Waals surface area contributed by atoms with Gasteiger partial charge in [-0.15, -0.1) is 0 Å². The lowest BCUT2D eigenvalue weighted by molar-refractivity contribution is 0.0442. The molecule has 1 N–H and O–H groups in total. The predicted octanol–water partition coefficient (Wildman–Crippen LogP) is 2.42. The lowest BCUT2D eigenvalue weighted by Gasteiger charge is -2.37. The molecular weight excluding hydrogens is 264 g/mol. The van der Waals surface area contributed by atoms with E-state index in [1.165, 1.54) is 12.8 Å². The zero-order valence-electron chi connectivity index (χ0n) is 12.9. The van der Waals surface area contributed by atoms with E-state index in [-0.39, 0.29) is 6.61 Å². The van der Waals surface area contributed by atoms with Gasteiger partial charge in [-0.25, -0.2) is 0 Å².